The molecule has 0 heterocycles. The van der Waals surface area contributed by atoms with Crippen LogP contribution in [0.1, 0.15) is 6.42 Å². The SMILES string of the molecule is [C]#CCC(C(=O)OC)C(=O)OC. The second-order valence-corrected chi connectivity index (χ2v) is 1.98. The van der Waals surface area contributed by atoms with E-state index >= 15 is 0 Å². The highest BCUT2D eigenvalue weighted by Gasteiger charge is 2.27. The van der Waals surface area contributed by atoms with Crippen LogP contribution >= 0.6 is 0 Å². The number of carbonyl (C=O) groups excluding carboxylic acids is 2. The van der Waals surface area contributed by atoms with Crippen molar-refractivity contribution in [3.05, 3.63) is 6.42 Å². The molecule has 4 heteroatoms. The average Bonchev–Trinajstić information content (AvgIpc) is 2.11. The molecule has 0 rings (SSSR count). The van der Waals surface area contributed by atoms with Crippen LogP contribution in [0.4, 0.5) is 0 Å². The number of hydrogen-bond acceptors (Lipinski definition) is 4. The molecule has 0 aromatic heterocycles. The summed E-state index contributed by atoms with van der Waals surface area (Å²) >= 11 is 0. The molecule has 0 bridgehead atoms. The summed E-state index contributed by atoms with van der Waals surface area (Å²) in [7, 11) is 2.34. The first-order valence-corrected chi connectivity index (χ1v) is 3.22. The Hall–Kier alpha value is -1.50. The summed E-state index contributed by atoms with van der Waals surface area (Å²) in [6.07, 6.45) is 6.49. The Balaban J connectivity index is 4.34. The second-order valence-electron chi connectivity index (χ2n) is 1.98. The van der Waals surface area contributed by atoms with Gasteiger partial charge in [0.15, 0.2) is 5.92 Å². The van der Waals surface area contributed by atoms with Gasteiger partial charge < -0.3 is 9.47 Å². The zero-order chi connectivity index (χ0) is 9.56. The quantitative estimate of drug-likeness (QED) is 0.337. The molecule has 0 saturated heterocycles. The first-order chi connectivity index (χ1) is 5.67. The third kappa shape index (κ3) is 2.62. The van der Waals surface area contributed by atoms with E-state index in [2.05, 4.69) is 9.47 Å². The zero-order valence-electron chi connectivity index (χ0n) is 6.92. The summed E-state index contributed by atoms with van der Waals surface area (Å²) in [6, 6.07) is 0. The van der Waals surface area contributed by atoms with Crippen LogP contribution in [0.25, 0.3) is 0 Å². The number of esters is 2. The molecule has 1 radical (unpaired) electrons. The second kappa shape index (κ2) is 5.19. The predicted octanol–water partition coefficient (Wildman–Crippen LogP) is -0.0715. The lowest BCUT2D eigenvalue weighted by molar-refractivity contribution is -0.158. The molecule has 0 fully saturated rings. The van der Waals surface area contributed by atoms with Gasteiger partial charge in [0.05, 0.1) is 14.2 Å². The molecule has 0 unspecified atom stereocenters. The minimum Gasteiger partial charge on any atom is -0.468 e. The molecule has 0 atom stereocenters. The van der Waals surface area contributed by atoms with E-state index in [0.717, 1.165) is 0 Å². The lowest BCUT2D eigenvalue weighted by Gasteiger charge is -2.08. The van der Waals surface area contributed by atoms with Crippen LogP contribution in [0, 0.1) is 18.3 Å². The van der Waals surface area contributed by atoms with Crippen LogP contribution in [0.5, 0.6) is 0 Å². The molecule has 0 aromatic rings. The van der Waals surface area contributed by atoms with Crippen LogP contribution in [0.15, 0.2) is 0 Å². The Morgan fingerprint density at radius 3 is 2.00 bits per heavy atom. The third-order valence-corrected chi connectivity index (χ3v) is 1.28. The average molecular weight is 169 g/mol. The van der Waals surface area contributed by atoms with Crippen molar-refractivity contribution in [1.82, 2.24) is 0 Å². The maximum Gasteiger partial charge on any atom is 0.321 e. The molecule has 12 heavy (non-hydrogen) atoms. The van der Waals surface area contributed by atoms with E-state index in [4.69, 9.17) is 6.42 Å². The smallest absolute Gasteiger partial charge is 0.321 e. The van der Waals surface area contributed by atoms with Crippen molar-refractivity contribution in [1.29, 1.82) is 0 Å². The van der Waals surface area contributed by atoms with Crippen molar-refractivity contribution in [2.45, 2.75) is 6.42 Å². The highest BCUT2D eigenvalue weighted by atomic mass is 16.5. The number of ether oxygens (including phenoxy) is 2. The molecular weight excluding hydrogens is 160 g/mol. The lowest BCUT2D eigenvalue weighted by Crippen LogP contribution is -2.25. The van der Waals surface area contributed by atoms with Crippen molar-refractivity contribution in [3.8, 4) is 5.92 Å². The summed E-state index contributed by atoms with van der Waals surface area (Å²) in [4.78, 5) is 21.7. The predicted molar refractivity (Wildman–Crippen MR) is 39.3 cm³/mol. The zero-order valence-corrected chi connectivity index (χ0v) is 6.92. The highest BCUT2D eigenvalue weighted by Crippen LogP contribution is 2.06. The Labute approximate surface area is 70.8 Å². The van der Waals surface area contributed by atoms with Gasteiger partial charge in [-0.1, -0.05) is 5.92 Å². The summed E-state index contributed by atoms with van der Waals surface area (Å²) in [5.74, 6) is -0.525. The van der Waals surface area contributed by atoms with Crippen LogP contribution in [-0.2, 0) is 19.1 Å². The van der Waals surface area contributed by atoms with E-state index in [9.17, 15) is 9.59 Å². The van der Waals surface area contributed by atoms with E-state index in [1.54, 1.807) is 0 Å². The van der Waals surface area contributed by atoms with Gasteiger partial charge in [0.25, 0.3) is 0 Å². The normalized spacial score (nSPS) is 8.83. The van der Waals surface area contributed by atoms with Crippen LogP contribution < -0.4 is 0 Å². The van der Waals surface area contributed by atoms with Crippen molar-refractivity contribution < 1.29 is 19.1 Å². The summed E-state index contributed by atoms with van der Waals surface area (Å²) in [5.41, 5.74) is 0. The van der Waals surface area contributed by atoms with Gasteiger partial charge in [0.1, 0.15) is 0 Å². The largest absolute Gasteiger partial charge is 0.468 e. The van der Waals surface area contributed by atoms with Gasteiger partial charge in [-0.25, -0.2) is 0 Å². The number of carbonyl (C=O) groups is 2. The van der Waals surface area contributed by atoms with Crippen LogP contribution in [-0.4, -0.2) is 26.2 Å². The molecule has 4 nitrogen and oxygen atoms in total. The molecule has 0 saturated carbocycles. The summed E-state index contributed by atoms with van der Waals surface area (Å²) in [5, 5.41) is 0. The fraction of sp³-hybridized carbons (Fsp3) is 0.500. The first-order valence-electron chi connectivity index (χ1n) is 3.22. The summed E-state index contributed by atoms with van der Waals surface area (Å²) < 4.78 is 8.65. The minimum atomic E-state index is -1.06. The number of rotatable bonds is 3. The maximum atomic E-state index is 10.9. The Morgan fingerprint density at radius 1 is 1.33 bits per heavy atom. The molecule has 0 aliphatic carbocycles. The fourth-order valence-corrected chi connectivity index (χ4v) is 0.649. The van der Waals surface area contributed by atoms with E-state index in [1.165, 1.54) is 14.2 Å². The van der Waals surface area contributed by atoms with Crippen molar-refractivity contribution in [2.24, 2.45) is 5.92 Å². The molecule has 0 aromatic carbocycles. The lowest BCUT2D eigenvalue weighted by atomic mass is 10.1. The van der Waals surface area contributed by atoms with Crippen LogP contribution in [0.2, 0.25) is 0 Å². The molecule has 0 N–H and O–H groups in total. The fourth-order valence-electron chi connectivity index (χ4n) is 0.649. The van der Waals surface area contributed by atoms with Crippen LogP contribution in [0.3, 0.4) is 0 Å². The standard InChI is InChI=1S/C8H9O4/c1-4-5-6(7(9)11-2)8(10)12-3/h6H,5H2,2-3H3. The topological polar surface area (TPSA) is 52.6 Å². The maximum absolute atomic E-state index is 10.9. The minimum absolute atomic E-state index is 0.112. The van der Waals surface area contributed by atoms with E-state index < -0.39 is 17.9 Å². The molecule has 0 spiro atoms. The first kappa shape index (κ1) is 10.5. The van der Waals surface area contributed by atoms with Crippen molar-refractivity contribution in [2.75, 3.05) is 14.2 Å². The Morgan fingerprint density at radius 2 is 1.75 bits per heavy atom. The van der Waals surface area contributed by atoms with E-state index in [1.807, 2.05) is 5.92 Å². The van der Waals surface area contributed by atoms with Gasteiger partial charge in [-0.05, 0) is 6.42 Å². The van der Waals surface area contributed by atoms with Crippen molar-refractivity contribution in [3.63, 3.8) is 0 Å². The van der Waals surface area contributed by atoms with Crippen molar-refractivity contribution >= 4 is 11.9 Å². The Kier molecular flexibility index (Phi) is 4.54. The molecule has 0 amide bonds. The monoisotopic (exact) mass is 169 g/mol. The highest BCUT2D eigenvalue weighted by molar-refractivity contribution is 5.95. The van der Waals surface area contributed by atoms with Gasteiger partial charge in [-0.3, -0.25) is 9.59 Å². The Bertz CT molecular complexity index is 198. The van der Waals surface area contributed by atoms with Gasteiger partial charge in [0.2, 0.25) is 0 Å². The molecule has 65 valence electrons. The molecular formula is C8H9O4. The van der Waals surface area contributed by atoms with E-state index in [0.29, 0.717) is 0 Å². The molecule has 0 aliphatic heterocycles. The van der Waals surface area contributed by atoms with Gasteiger partial charge >= 0.3 is 11.9 Å². The van der Waals surface area contributed by atoms with Gasteiger partial charge in [0, 0.05) is 6.42 Å². The van der Waals surface area contributed by atoms with E-state index in [-0.39, 0.29) is 6.42 Å². The summed E-state index contributed by atoms with van der Waals surface area (Å²) in [6.45, 7) is 0. The van der Waals surface area contributed by atoms with Gasteiger partial charge in [-0.2, -0.15) is 0 Å². The third-order valence-electron chi connectivity index (χ3n) is 1.28. The number of hydrogen-bond donors (Lipinski definition) is 0. The molecule has 0 aliphatic rings. The van der Waals surface area contributed by atoms with Gasteiger partial charge in [-0.15, -0.1) is 0 Å². The number of methoxy groups -OCH3 is 2.